The van der Waals surface area contributed by atoms with Crippen LogP contribution in [0.15, 0.2) is 24.3 Å². The fraction of sp³-hybridized carbons (Fsp3) is 0.636. The lowest BCUT2D eigenvalue weighted by atomic mass is 9.91. The highest BCUT2D eigenvalue weighted by Gasteiger charge is 2.45. The van der Waals surface area contributed by atoms with Gasteiger partial charge in [-0.3, -0.25) is 4.90 Å². The van der Waals surface area contributed by atoms with Crippen LogP contribution in [-0.2, 0) is 4.74 Å². The van der Waals surface area contributed by atoms with Gasteiger partial charge in [-0.05, 0) is 69.7 Å². The van der Waals surface area contributed by atoms with Crippen molar-refractivity contribution >= 4 is 6.09 Å². The molecule has 6 nitrogen and oxygen atoms in total. The molecule has 2 fully saturated rings. The second-order valence-corrected chi connectivity index (χ2v) is 8.92. The van der Waals surface area contributed by atoms with E-state index in [4.69, 9.17) is 14.7 Å². The Bertz CT molecular complexity index is 706. The monoisotopic (exact) mass is 385 g/mol. The minimum Gasteiger partial charge on any atom is -0.492 e. The Morgan fingerprint density at radius 3 is 2.36 bits per heavy atom. The zero-order valence-electron chi connectivity index (χ0n) is 17.4. The van der Waals surface area contributed by atoms with Crippen LogP contribution < -0.4 is 4.74 Å². The SMILES string of the molecule is CN(C(=O)OC(C)(C)C)C1C2CCC1CN(CCOc1ccc(C#N)cc1)C2. The number of nitrogens with zero attached hydrogens (tertiary/aromatic N) is 3. The molecule has 1 saturated heterocycles. The zero-order valence-corrected chi connectivity index (χ0v) is 17.4. The molecule has 1 aromatic carbocycles. The molecule has 1 heterocycles. The van der Waals surface area contributed by atoms with E-state index in [0.717, 1.165) is 38.2 Å². The zero-order chi connectivity index (χ0) is 20.3. The average molecular weight is 386 g/mol. The Morgan fingerprint density at radius 1 is 1.21 bits per heavy atom. The van der Waals surface area contributed by atoms with Gasteiger partial charge >= 0.3 is 6.09 Å². The van der Waals surface area contributed by atoms with Gasteiger partial charge in [-0.25, -0.2) is 4.79 Å². The van der Waals surface area contributed by atoms with Crippen molar-refractivity contribution < 1.29 is 14.3 Å². The lowest BCUT2D eigenvalue weighted by Gasteiger charge is -2.42. The molecule has 0 radical (unpaired) electrons. The summed E-state index contributed by atoms with van der Waals surface area (Å²) in [6.07, 6.45) is 2.11. The normalized spacial score (nSPS) is 24.5. The molecule has 1 saturated carbocycles. The van der Waals surface area contributed by atoms with Crippen molar-refractivity contribution in [3.05, 3.63) is 29.8 Å². The summed E-state index contributed by atoms with van der Waals surface area (Å²) in [6.45, 7) is 9.20. The van der Waals surface area contributed by atoms with Crippen LogP contribution in [0.1, 0.15) is 39.2 Å². The smallest absolute Gasteiger partial charge is 0.410 e. The van der Waals surface area contributed by atoms with Gasteiger partial charge in [0, 0.05) is 32.7 Å². The standard InChI is InChI=1S/C22H31N3O3/c1-22(2,3)28-21(26)24(4)20-17-7-8-18(20)15-25(14-17)11-12-27-19-9-5-16(13-23)6-10-19/h5-6,9-10,17-18,20H,7-8,11-12,14-15H2,1-4H3. The number of piperidine rings is 1. The van der Waals surface area contributed by atoms with Crippen molar-refractivity contribution in [2.75, 3.05) is 33.3 Å². The summed E-state index contributed by atoms with van der Waals surface area (Å²) < 4.78 is 11.4. The van der Waals surface area contributed by atoms with Gasteiger partial charge in [-0.1, -0.05) is 0 Å². The fourth-order valence-electron chi connectivity index (χ4n) is 4.48. The van der Waals surface area contributed by atoms with E-state index in [2.05, 4.69) is 11.0 Å². The summed E-state index contributed by atoms with van der Waals surface area (Å²) in [6, 6.07) is 9.60. The van der Waals surface area contributed by atoms with Gasteiger partial charge in [0.25, 0.3) is 0 Å². The average Bonchev–Trinajstić information content (AvgIpc) is 2.90. The highest BCUT2D eigenvalue weighted by atomic mass is 16.6. The van der Waals surface area contributed by atoms with Crippen molar-refractivity contribution in [2.24, 2.45) is 11.8 Å². The molecular weight excluding hydrogens is 354 g/mol. The summed E-state index contributed by atoms with van der Waals surface area (Å²) >= 11 is 0. The molecule has 28 heavy (non-hydrogen) atoms. The van der Waals surface area contributed by atoms with Crippen LogP contribution in [0.3, 0.4) is 0 Å². The molecule has 2 unspecified atom stereocenters. The molecule has 0 aromatic heterocycles. The lowest BCUT2D eigenvalue weighted by Crippen LogP contribution is -2.54. The molecule has 6 heteroatoms. The minimum atomic E-state index is -0.464. The van der Waals surface area contributed by atoms with Gasteiger partial charge in [0.2, 0.25) is 0 Å². The van der Waals surface area contributed by atoms with Crippen LogP contribution in [0.5, 0.6) is 5.75 Å². The molecule has 1 aliphatic heterocycles. The molecule has 2 aliphatic rings. The van der Waals surface area contributed by atoms with Crippen molar-refractivity contribution in [3.63, 3.8) is 0 Å². The van der Waals surface area contributed by atoms with Crippen LogP contribution >= 0.6 is 0 Å². The molecule has 1 aromatic rings. The lowest BCUT2D eigenvalue weighted by molar-refractivity contribution is -0.000184. The molecule has 0 spiro atoms. The van der Waals surface area contributed by atoms with Crippen molar-refractivity contribution in [1.82, 2.24) is 9.80 Å². The predicted molar refractivity (Wildman–Crippen MR) is 107 cm³/mol. The number of likely N-dealkylation sites (tertiary alicyclic amines) is 1. The third kappa shape index (κ3) is 4.96. The minimum absolute atomic E-state index is 0.216. The molecule has 1 amide bonds. The summed E-state index contributed by atoms with van der Waals surface area (Å²) in [5.41, 5.74) is 0.175. The van der Waals surface area contributed by atoms with Crippen LogP contribution in [0.2, 0.25) is 0 Å². The third-order valence-corrected chi connectivity index (χ3v) is 5.65. The van der Waals surface area contributed by atoms with Crippen molar-refractivity contribution in [1.29, 1.82) is 5.26 Å². The fourth-order valence-corrected chi connectivity index (χ4v) is 4.48. The van der Waals surface area contributed by atoms with Gasteiger partial charge in [0.15, 0.2) is 0 Å². The number of fused-ring (bicyclic) bond motifs is 2. The van der Waals surface area contributed by atoms with E-state index in [1.165, 1.54) is 0 Å². The number of ether oxygens (including phenoxy) is 2. The van der Waals surface area contributed by atoms with E-state index < -0.39 is 5.60 Å². The first-order valence-corrected chi connectivity index (χ1v) is 10.1. The first kappa shape index (κ1) is 20.5. The van der Waals surface area contributed by atoms with Crippen LogP contribution in [-0.4, -0.2) is 60.8 Å². The third-order valence-electron chi connectivity index (χ3n) is 5.65. The molecular formula is C22H31N3O3. The highest BCUT2D eigenvalue weighted by Crippen LogP contribution is 2.40. The van der Waals surface area contributed by atoms with Gasteiger partial charge in [0.1, 0.15) is 18.0 Å². The van der Waals surface area contributed by atoms with Gasteiger partial charge in [0.05, 0.1) is 11.6 Å². The predicted octanol–water partition coefficient (Wildman–Crippen LogP) is 3.51. The highest BCUT2D eigenvalue weighted by molar-refractivity contribution is 5.68. The van der Waals surface area contributed by atoms with E-state index in [9.17, 15) is 4.79 Å². The second kappa shape index (κ2) is 8.40. The maximum atomic E-state index is 12.5. The van der Waals surface area contributed by atoms with Gasteiger partial charge in [-0.15, -0.1) is 0 Å². The molecule has 2 atom stereocenters. The van der Waals surface area contributed by atoms with Crippen molar-refractivity contribution in [3.8, 4) is 11.8 Å². The number of hydrogen-bond acceptors (Lipinski definition) is 5. The quantitative estimate of drug-likeness (QED) is 0.776. The van der Waals surface area contributed by atoms with E-state index in [0.29, 0.717) is 24.0 Å². The van der Waals surface area contributed by atoms with Crippen LogP contribution in [0, 0.1) is 23.2 Å². The molecule has 152 valence electrons. The number of nitriles is 1. The Labute approximate surface area is 168 Å². The first-order chi connectivity index (χ1) is 13.3. The Morgan fingerprint density at radius 2 is 1.82 bits per heavy atom. The number of hydrogen-bond donors (Lipinski definition) is 0. The number of carbonyl (C=O) groups is 1. The Hall–Kier alpha value is -2.26. The molecule has 0 N–H and O–H groups in total. The maximum absolute atomic E-state index is 12.5. The topological polar surface area (TPSA) is 65.8 Å². The number of rotatable bonds is 5. The summed E-state index contributed by atoms with van der Waals surface area (Å²) in [5, 5.41) is 8.85. The first-order valence-electron chi connectivity index (χ1n) is 10.1. The maximum Gasteiger partial charge on any atom is 0.410 e. The summed E-state index contributed by atoms with van der Waals surface area (Å²) in [7, 11) is 1.88. The molecule has 2 bridgehead atoms. The second-order valence-electron chi connectivity index (χ2n) is 8.92. The van der Waals surface area contributed by atoms with Crippen molar-refractivity contribution in [2.45, 2.75) is 45.3 Å². The Balaban J connectivity index is 1.49. The Kier molecular flexibility index (Phi) is 6.14. The van der Waals surface area contributed by atoms with Gasteiger partial charge < -0.3 is 14.4 Å². The van der Waals surface area contributed by atoms with E-state index in [1.807, 2.05) is 44.9 Å². The van der Waals surface area contributed by atoms with E-state index in [1.54, 1.807) is 12.1 Å². The van der Waals surface area contributed by atoms with Gasteiger partial charge in [-0.2, -0.15) is 5.26 Å². The number of amides is 1. The van der Waals surface area contributed by atoms with Crippen LogP contribution in [0.25, 0.3) is 0 Å². The van der Waals surface area contributed by atoms with E-state index >= 15 is 0 Å². The summed E-state index contributed by atoms with van der Waals surface area (Å²) in [5.74, 6) is 1.78. The van der Waals surface area contributed by atoms with E-state index in [-0.39, 0.29) is 12.1 Å². The number of benzene rings is 1. The molecule has 3 rings (SSSR count). The van der Waals surface area contributed by atoms with Crippen LogP contribution in [0.4, 0.5) is 4.79 Å². The molecule has 1 aliphatic carbocycles. The summed E-state index contributed by atoms with van der Waals surface area (Å²) in [4.78, 5) is 16.8. The number of carbonyl (C=O) groups excluding carboxylic acids is 1. The largest absolute Gasteiger partial charge is 0.492 e.